The Morgan fingerprint density at radius 1 is 0.743 bits per heavy atom. The second-order valence-corrected chi connectivity index (χ2v) is 8.01. The summed E-state index contributed by atoms with van der Waals surface area (Å²) in [4.78, 5) is 37.8. The van der Waals surface area contributed by atoms with Crippen LogP contribution in [0.5, 0.6) is 5.75 Å². The van der Waals surface area contributed by atoms with Crippen molar-refractivity contribution in [3.63, 3.8) is 0 Å². The number of hydrogen-bond acceptors (Lipinski definition) is 8. The molecule has 0 spiro atoms. The number of hydrogen-bond donors (Lipinski definition) is 3. The Balaban J connectivity index is 1.41. The molecular formula is C27H27N3O5. The van der Waals surface area contributed by atoms with Crippen molar-refractivity contribution in [2.24, 2.45) is 0 Å². The predicted octanol–water partition coefficient (Wildman–Crippen LogP) is 2.48. The van der Waals surface area contributed by atoms with E-state index in [1.54, 1.807) is 72.8 Å². The van der Waals surface area contributed by atoms with Crippen LogP contribution >= 0.6 is 0 Å². The van der Waals surface area contributed by atoms with Crippen LogP contribution in [0.15, 0.2) is 84.9 Å². The van der Waals surface area contributed by atoms with E-state index in [2.05, 4.69) is 16.0 Å². The van der Waals surface area contributed by atoms with Gasteiger partial charge >= 0.3 is 5.97 Å². The van der Waals surface area contributed by atoms with Gasteiger partial charge in [0.15, 0.2) is 24.8 Å². The van der Waals surface area contributed by atoms with Gasteiger partial charge < -0.3 is 9.47 Å². The molecule has 8 nitrogen and oxygen atoms in total. The first kappa shape index (κ1) is 24.3. The molecule has 0 bridgehead atoms. The lowest BCUT2D eigenvalue weighted by Crippen LogP contribution is -2.59. The summed E-state index contributed by atoms with van der Waals surface area (Å²) >= 11 is 0. The fourth-order valence-corrected chi connectivity index (χ4v) is 3.76. The number of rotatable bonds is 10. The molecule has 1 atom stereocenters. The molecule has 1 fully saturated rings. The van der Waals surface area contributed by atoms with Crippen molar-refractivity contribution >= 4 is 17.5 Å². The molecule has 1 heterocycles. The Morgan fingerprint density at radius 2 is 1.29 bits per heavy atom. The summed E-state index contributed by atoms with van der Waals surface area (Å²) in [5.41, 5.74) is 1.76. The molecule has 1 aliphatic rings. The maximum Gasteiger partial charge on any atom is 0.316 e. The predicted molar refractivity (Wildman–Crippen MR) is 130 cm³/mol. The lowest BCUT2D eigenvalue weighted by Gasteiger charge is -2.31. The number of Topliss-reactive ketones (excluding diaryl/α,β-unsaturated/α-hetero) is 2. The Hall–Kier alpha value is -3.85. The second-order valence-electron chi connectivity index (χ2n) is 8.01. The second kappa shape index (κ2) is 12.0. The SMILES string of the molecule is O=C(COC(=O)C(c1ccc(OCC(=O)c2ccccc2)cc1)C1NCNCN1)c1ccccc1. The van der Waals surface area contributed by atoms with Crippen molar-refractivity contribution in [1.29, 1.82) is 0 Å². The first-order chi connectivity index (χ1) is 17.1. The quantitative estimate of drug-likeness (QED) is 0.305. The zero-order valence-electron chi connectivity index (χ0n) is 19.1. The number of ether oxygens (including phenoxy) is 2. The number of nitrogens with one attached hydrogen (secondary N) is 3. The van der Waals surface area contributed by atoms with Gasteiger partial charge in [-0.1, -0.05) is 72.8 Å². The molecule has 0 saturated carbocycles. The van der Waals surface area contributed by atoms with Crippen LogP contribution in [0.25, 0.3) is 0 Å². The van der Waals surface area contributed by atoms with Crippen LogP contribution in [0.2, 0.25) is 0 Å². The molecule has 0 aromatic heterocycles. The monoisotopic (exact) mass is 473 g/mol. The van der Waals surface area contributed by atoms with Crippen molar-refractivity contribution in [1.82, 2.24) is 16.0 Å². The molecule has 3 aromatic carbocycles. The lowest BCUT2D eigenvalue weighted by atomic mass is 9.95. The van der Waals surface area contributed by atoms with E-state index in [0.717, 1.165) is 0 Å². The van der Waals surface area contributed by atoms with Crippen LogP contribution in [0, 0.1) is 0 Å². The fraction of sp³-hybridized carbons (Fsp3) is 0.222. The summed E-state index contributed by atoms with van der Waals surface area (Å²) in [6, 6.07) is 24.6. The largest absolute Gasteiger partial charge is 0.485 e. The number of esters is 1. The van der Waals surface area contributed by atoms with Crippen LogP contribution in [-0.2, 0) is 9.53 Å². The zero-order chi connectivity index (χ0) is 24.5. The average molecular weight is 474 g/mol. The molecule has 1 unspecified atom stereocenters. The van der Waals surface area contributed by atoms with Crippen molar-refractivity contribution in [2.45, 2.75) is 12.1 Å². The molecule has 3 N–H and O–H groups in total. The summed E-state index contributed by atoms with van der Waals surface area (Å²) < 4.78 is 11.1. The van der Waals surface area contributed by atoms with Gasteiger partial charge in [-0.05, 0) is 17.7 Å². The Kier molecular flexibility index (Phi) is 8.34. The van der Waals surface area contributed by atoms with Crippen molar-refractivity contribution in [3.05, 3.63) is 102 Å². The third-order valence-electron chi connectivity index (χ3n) is 5.63. The molecule has 1 saturated heterocycles. The Labute approximate surface area is 203 Å². The highest BCUT2D eigenvalue weighted by Crippen LogP contribution is 2.24. The van der Waals surface area contributed by atoms with E-state index in [0.29, 0.717) is 35.8 Å². The summed E-state index contributed by atoms with van der Waals surface area (Å²) in [6.45, 7) is 0.612. The number of carbonyl (C=O) groups excluding carboxylic acids is 3. The first-order valence-electron chi connectivity index (χ1n) is 11.4. The van der Waals surface area contributed by atoms with Gasteiger partial charge in [-0.3, -0.25) is 30.3 Å². The van der Waals surface area contributed by atoms with E-state index in [1.165, 1.54) is 0 Å². The van der Waals surface area contributed by atoms with Crippen molar-refractivity contribution < 1.29 is 23.9 Å². The third kappa shape index (κ3) is 6.60. The third-order valence-corrected chi connectivity index (χ3v) is 5.63. The molecule has 0 amide bonds. The van der Waals surface area contributed by atoms with Gasteiger partial charge in [-0.2, -0.15) is 0 Å². The molecule has 0 aliphatic carbocycles. The highest BCUT2D eigenvalue weighted by molar-refractivity contribution is 5.98. The molecule has 3 aromatic rings. The Morgan fingerprint density at radius 3 is 1.86 bits per heavy atom. The minimum atomic E-state index is -0.694. The average Bonchev–Trinajstić information content (AvgIpc) is 2.93. The topological polar surface area (TPSA) is 106 Å². The van der Waals surface area contributed by atoms with Gasteiger partial charge in [0.05, 0.1) is 6.17 Å². The van der Waals surface area contributed by atoms with Gasteiger partial charge in [-0.25, -0.2) is 0 Å². The standard InChI is InChI=1S/C27H27N3O5/c31-23(19-7-3-1-4-8-19)15-34-22-13-11-21(12-14-22)25(26-29-17-28-18-30-26)27(33)35-16-24(32)20-9-5-2-6-10-20/h1-14,25-26,28-30H,15-18H2. The zero-order valence-corrected chi connectivity index (χ0v) is 19.1. The van der Waals surface area contributed by atoms with E-state index in [9.17, 15) is 14.4 Å². The number of ketones is 2. The smallest absolute Gasteiger partial charge is 0.316 e. The normalized spacial score (nSPS) is 14.6. The fourth-order valence-electron chi connectivity index (χ4n) is 3.76. The van der Waals surface area contributed by atoms with Crippen LogP contribution in [0.1, 0.15) is 32.2 Å². The van der Waals surface area contributed by atoms with Crippen molar-refractivity contribution in [3.8, 4) is 5.75 Å². The van der Waals surface area contributed by atoms with E-state index in [-0.39, 0.29) is 30.9 Å². The van der Waals surface area contributed by atoms with E-state index in [4.69, 9.17) is 9.47 Å². The minimum absolute atomic E-state index is 0.0895. The molecule has 35 heavy (non-hydrogen) atoms. The van der Waals surface area contributed by atoms with Gasteiger partial charge in [-0.15, -0.1) is 0 Å². The summed E-state index contributed by atoms with van der Waals surface area (Å²) in [6.07, 6.45) is -0.387. The highest BCUT2D eigenvalue weighted by Gasteiger charge is 2.32. The highest BCUT2D eigenvalue weighted by atomic mass is 16.5. The molecular weight excluding hydrogens is 446 g/mol. The maximum atomic E-state index is 13.1. The molecule has 1 aliphatic heterocycles. The lowest BCUT2D eigenvalue weighted by molar-refractivity contribution is -0.145. The van der Waals surface area contributed by atoms with Crippen LogP contribution in [0.4, 0.5) is 0 Å². The summed E-state index contributed by atoms with van der Waals surface area (Å²) in [5.74, 6) is -1.09. The van der Waals surface area contributed by atoms with Gasteiger partial charge in [0.1, 0.15) is 11.7 Å². The number of benzene rings is 3. The van der Waals surface area contributed by atoms with Gasteiger partial charge in [0, 0.05) is 24.5 Å². The van der Waals surface area contributed by atoms with E-state index in [1.807, 2.05) is 12.1 Å². The van der Waals surface area contributed by atoms with Crippen molar-refractivity contribution in [2.75, 3.05) is 26.6 Å². The molecule has 4 rings (SSSR count). The first-order valence-corrected chi connectivity index (χ1v) is 11.4. The maximum absolute atomic E-state index is 13.1. The summed E-state index contributed by atoms with van der Waals surface area (Å²) in [7, 11) is 0. The number of carbonyl (C=O) groups is 3. The van der Waals surface area contributed by atoms with Crippen LogP contribution < -0.4 is 20.7 Å². The van der Waals surface area contributed by atoms with Gasteiger partial charge in [0.25, 0.3) is 0 Å². The summed E-state index contributed by atoms with van der Waals surface area (Å²) in [5, 5.41) is 9.51. The van der Waals surface area contributed by atoms with Crippen LogP contribution in [0.3, 0.4) is 0 Å². The Bertz CT molecular complexity index is 1130. The van der Waals surface area contributed by atoms with Gasteiger partial charge in [0.2, 0.25) is 0 Å². The minimum Gasteiger partial charge on any atom is -0.485 e. The van der Waals surface area contributed by atoms with E-state index < -0.39 is 11.9 Å². The molecule has 180 valence electrons. The molecule has 8 heteroatoms. The van der Waals surface area contributed by atoms with E-state index >= 15 is 0 Å². The van der Waals surface area contributed by atoms with Crippen LogP contribution in [-0.4, -0.2) is 50.3 Å². The molecule has 0 radical (unpaired) electrons.